The molecule has 0 saturated carbocycles. The molecule has 1 atom stereocenters. The molecule has 0 aliphatic carbocycles. The lowest BCUT2D eigenvalue weighted by Crippen LogP contribution is -2.19. The van der Waals surface area contributed by atoms with Gasteiger partial charge in [-0.2, -0.15) is 0 Å². The Balaban J connectivity index is 2.00. The second-order valence-corrected chi connectivity index (χ2v) is 4.67. The predicted octanol–water partition coefficient (Wildman–Crippen LogP) is 1.67. The number of carbonyl (C=O) groups excluding carboxylic acids is 1. The molecule has 2 rings (SSSR count). The van der Waals surface area contributed by atoms with Gasteiger partial charge in [-0.3, -0.25) is 4.79 Å². The summed E-state index contributed by atoms with van der Waals surface area (Å²) >= 11 is 0. The number of nitrogens with two attached hydrogens (primary N) is 1. The molecule has 1 saturated heterocycles. The van der Waals surface area contributed by atoms with E-state index in [1.54, 1.807) is 0 Å². The fraction of sp³-hybridized carbons (Fsp3) is 0.500. The molecule has 1 fully saturated rings. The van der Waals surface area contributed by atoms with Crippen molar-refractivity contribution < 1.29 is 18.7 Å². The maximum absolute atomic E-state index is 13.3. The van der Waals surface area contributed by atoms with Crippen molar-refractivity contribution in [3.05, 3.63) is 24.0 Å². The Morgan fingerprint density at radius 1 is 1.55 bits per heavy atom. The van der Waals surface area contributed by atoms with E-state index < -0.39 is 5.82 Å². The number of hydrogen-bond acceptors (Lipinski definition) is 4. The van der Waals surface area contributed by atoms with Crippen LogP contribution in [0.4, 0.5) is 10.1 Å². The van der Waals surface area contributed by atoms with Crippen LogP contribution in [0.3, 0.4) is 0 Å². The standard InChI is InChI=1S/C14H19FN2O3/c15-10-3-4-13(20-9-11-2-1-7-19-11)12(8-10)17-14(18)5-6-16/h3-4,8,11H,1-2,5-7,9,16H2,(H,17,18). The lowest BCUT2D eigenvalue weighted by molar-refractivity contribution is -0.116. The molecule has 0 bridgehead atoms. The molecule has 1 aromatic rings. The van der Waals surface area contributed by atoms with E-state index in [1.165, 1.54) is 18.2 Å². The van der Waals surface area contributed by atoms with E-state index in [0.29, 0.717) is 18.0 Å². The highest BCUT2D eigenvalue weighted by atomic mass is 19.1. The molecule has 1 amide bonds. The van der Waals surface area contributed by atoms with Gasteiger partial charge in [0.25, 0.3) is 0 Å². The third-order valence-corrected chi connectivity index (χ3v) is 3.04. The van der Waals surface area contributed by atoms with Gasteiger partial charge in [0.2, 0.25) is 5.91 Å². The highest BCUT2D eigenvalue weighted by molar-refractivity contribution is 5.92. The van der Waals surface area contributed by atoms with Crippen molar-refractivity contribution in [1.29, 1.82) is 0 Å². The summed E-state index contributed by atoms with van der Waals surface area (Å²) in [5.41, 5.74) is 5.63. The number of nitrogens with one attached hydrogen (secondary N) is 1. The third kappa shape index (κ3) is 4.18. The molecule has 1 heterocycles. The van der Waals surface area contributed by atoms with Gasteiger partial charge in [0, 0.05) is 25.6 Å². The van der Waals surface area contributed by atoms with E-state index in [-0.39, 0.29) is 25.0 Å². The molecule has 1 aromatic carbocycles. The van der Waals surface area contributed by atoms with Crippen LogP contribution in [0.5, 0.6) is 5.75 Å². The van der Waals surface area contributed by atoms with E-state index in [1.807, 2.05) is 0 Å². The molecule has 20 heavy (non-hydrogen) atoms. The summed E-state index contributed by atoms with van der Waals surface area (Å²) < 4.78 is 24.3. The van der Waals surface area contributed by atoms with Crippen LogP contribution < -0.4 is 15.8 Å². The first-order valence-electron chi connectivity index (χ1n) is 6.73. The van der Waals surface area contributed by atoms with Crippen LogP contribution in [0, 0.1) is 5.82 Å². The molecular weight excluding hydrogens is 263 g/mol. The molecule has 0 radical (unpaired) electrons. The lowest BCUT2D eigenvalue weighted by atomic mass is 10.2. The van der Waals surface area contributed by atoms with Gasteiger partial charge >= 0.3 is 0 Å². The summed E-state index contributed by atoms with van der Waals surface area (Å²) in [7, 11) is 0. The molecule has 3 N–H and O–H groups in total. The van der Waals surface area contributed by atoms with Crippen molar-refractivity contribution in [1.82, 2.24) is 0 Å². The molecule has 1 aliphatic heterocycles. The largest absolute Gasteiger partial charge is 0.489 e. The quantitative estimate of drug-likeness (QED) is 0.832. The van der Waals surface area contributed by atoms with Gasteiger partial charge in [0.05, 0.1) is 11.8 Å². The minimum Gasteiger partial charge on any atom is -0.489 e. The zero-order chi connectivity index (χ0) is 14.4. The summed E-state index contributed by atoms with van der Waals surface area (Å²) in [5, 5.41) is 2.60. The zero-order valence-corrected chi connectivity index (χ0v) is 11.2. The van der Waals surface area contributed by atoms with Crippen LogP contribution in [-0.4, -0.2) is 31.8 Å². The maximum Gasteiger partial charge on any atom is 0.225 e. The molecule has 1 aliphatic rings. The smallest absolute Gasteiger partial charge is 0.225 e. The first kappa shape index (κ1) is 14.7. The van der Waals surface area contributed by atoms with Gasteiger partial charge in [0.15, 0.2) is 0 Å². The second-order valence-electron chi connectivity index (χ2n) is 4.67. The number of halogens is 1. The molecular formula is C14H19FN2O3. The van der Waals surface area contributed by atoms with E-state index in [9.17, 15) is 9.18 Å². The summed E-state index contributed by atoms with van der Waals surface area (Å²) in [6, 6.07) is 4.03. The Kier molecular flexibility index (Phi) is 5.31. The molecule has 1 unspecified atom stereocenters. The number of ether oxygens (including phenoxy) is 2. The van der Waals surface area contributed by atoms with E-state index in [0.717, 1.165) is 19.4 Å². The average molecular weight is 282 g/mol. The first-order valence-corrected chi connectivity index (χ1v) is 6.73. The zero-order valence-electron chi connectivity index (χ0n) is 11.2. The van der Waals surface area contributed by atoms with Gasteiger partial charge in [-0.1, -0.05) is 0 Å². The fourth-order valence-corrected chi connectivity index (χ4v) is 2.03. The van der Waals surface area contributed by atoms with Crippen LogP contribution in [0.2, 0.25) is 0 Å². The van der Waals surface area contributed by atoms with Gasteiger partial charge < -0.3 is 20.5 Å². The van der Waals surface area contributed by atoms with Gasteiger partial charge in [0.1, 0.15) is 18.2 Å². The highest BCUT2D eigenvalue weighted by Crippen LogP contribution is 2.26. The monoisotopic (exact) mass is 282 g/mol. The Morgan fingerprint density at radius 3 is 3.10 bits per heavy atom. The minimum absolute atomic E-state index is 0.0626. The molecule has 5 nitrogen and oxygen atoms in total. The first-order chi connectivity index (χ1) is 9.69. The normalized spacial score (nSPS) is 18.0. The Morgan fingerprint density at radius 2 is 2.40 bits per heavy atom. The Bertz CT molecular complexity index is 462. The summed E-state index contributed by atoms with van der Waals surface area (Å²) in [4.78, 5) is 11.5. The van der Waals surface area contributed by atoms with Crippen LogP contribution in [-0.2, 0) is 9.53 Å². The van der Waals surface area contributed by atoms with Crippen molar-refractivity contribution in [3.63, 3.8) is 0 Å². The Labute approximate surface area is 117 Å². The van der Waals surface area contributed by atoms with Crippen molar-refractivity contribution in [3.8, 4) is 5.75 Å². The summed E-state index contributed by atoms with van der Waals surface area (Å²) in [5.74, 6) is -0.259. The SMILES string of the molecule is NCCC(=O)Nc1cc(F)ccc1OCC1CCCO1. The van der Waals surface area contributed by atoms with Crippen molar-refractivity contribution >= 4 is 11.6 Å². The maximum atomic E-state index is 13.3. The van der Waals surface area contributed by atoms with Gasteiger partial charge in [-0.15, -0.1) is 0 Å². The van der Waals surface area contributed by atoms with Crippen molar-refractivity contribution in [2.45, 2.75) is 25.4 Å². The molecule has 6 heteroatoms. The topological polar surface area (TPSA) is 73.6 Å². The number of hydrogen-bond donors (Lipinski definition) is 2. The number of amides is 1. The van der Waals surface area contributed by atoms with E-state index in [2.05, 4.69) is 5.32 Å². The molecule has 0 spiro atoms. The molecule has 110 valence electrons. The Hall–Kier alpha value is -1.66. The molecule has 0 aromatic heterocycles. The van der Waals surface area contributed by atoms with Crippen LogP contribution >= 0.6 is 0 Å². The highest BCUT2D eigenvalue weighted by Gasteiger charge is 2.17. The van der Waals surface area contributed by atoms with Gasteiger partial charge in [-0.05, 0) is 25.0 Å². The number of benzene rings is 1. The third-order valence-electron chi connectivity index (χ3n) is 3.04. The van der Waals surface area contributed by atoms with E-state index in [4.69, 9.17) is 15.2 Å². The van der Waals surface area contributed by atoms with Gasteiger partial charge in [-0.25, -0.2) is 4.39 Å². The van der Waals surface area contributed by atoms with Crippen LogP contribution in [0.15, 0.2) is 18.2 Å². The minimum atomic E-state index is -0.433. The van der Waals surface area contributed by atoms with E-state index >= 15 is 0 Å². The van der Waals surface area contributed by atoms with Crippen molar-refractivity contribution in [2.24, 2.45) is 5.73 Å². The number of carbonyl (C=O) groups is 1. The van der Waals surface area contributed by atoms with Crippen LogP contribution in [0.1, 0.15) is 19.3 Å². The fourth-order valence-electron chi connectivity index (χ4n) is 2.03. The number of rotatable bonds is 6. The van der Waals surface area contributed by atoms with Crippen molar-refractivity contribution in [2.75, 3.05) is 25.1 Å². The second kappa shape index (κ2) is 7.21. The average Bonchev–Trinajstić information content (AvgIpc) is 2.91. The predicted molar refractivity (Wildman–Crippen MR) is 73.2 cm³/mol. The summed E-state index contributed by atoms with van der Waals surface area (Å²) in [6.45, 7) is 1.39. The summed E-state index contributed by atoms with van der Waals surface area (Å²) in [6.07, 6.45) is 2.22. The van der Waals surface area contributed by atoms with Crippen LogP contribution in [0.25, 0.3) is 0 Å². The lowest BCUT2D eigenvalue weighted by Gasteiger charge is -2.15. The number of anilines is 1.